The summed E-state index contributed by atoms with van der Waals surface area (Å²) in [7, 11) is -9.88. The van der Waals surface area contributed by atoms with Gasteiger partial charge in [0, 0.05) is 25.7 Å². The van der Waals surface area contributed by atoms with Gasteiger partial charge < -0.3 is 33.8 Å². The van der Waals surface area contributed by atoms with Gasteiger partial charge in [-0.05, 0) is 25.7 Å². The van der Waals surface area contributed by atoms with Gasteiger partial charge in [-0.25, -0.2) is 9.13 Å². The number of phosphoric acid groups is 2. The van der Waals surface area contributed by atoms with E-state index in [0.29, 0.717) is 25.7 Å². The second kappa shape index (κ2) is 60.0. The van der Waals surface area contributed by atoms with Crippen molar-refractivity contribution in [3.05, 3.63) is 0 Å². The minimum Gasteiger partial charge on any atom is -0.462 e. The zero-order valence-electron chi connectivity index (χ0n) is 53.9. The number of carbonyl (C=O) groups excluding carboxylic acids is 4. The summed E-state index contributed by atoms with van der Waals surface area (Å²) in [6.07, 6.45) is 46.1. The van der Waals surface area contributed by atoms with Crippen LogP contribution in [0.2, 0.25) is 0 Å². The van der Waals surface area contributed by atoms with E-state index < -0.39 is 97.5 Å². The molecule has 0 bridgehead atoms. The van der Waals surface area contributed by atoms with Crippen LogP contribution in [-0.4, -0.2) is 96.7 Å². The summed E-state index contributed by atoms with van der Waals surface area (Å²) in [6, 6.07) is 0. The summed E-state index contributed by atoms with van der Waals surface area (Å²) in [5, 5.41) is 10.5. The summed E-state index contributed by atoms with van der Waals surface area (Å²) in [5.74, 6) is -2.14. The molecule has 2 unspecified atom stereocenters. The van der Waals surface area contributed by atoms with Gasteiger partial charge in [-0.15, -0.1) is 0 Å². The SMILES string of the molecule is CCCCCCCCCCCCCCCCCC(=O)OC[C@H](COP(=O)(O)OC[C@@H](O)COP(=O)(O)OC[C@@H](COC(=O)CCCCCCC)OC(=O)CCCCCCCCCCC)OC(=O)CCCCCCCCCCCCCCCCC. The van der Waals surface area contributed by atoms with Crippen molar-refractivity contribution < 1.29 is 80.2 Å². The number of aliphatic hydroxyl groups is 1. The number of rotatable bonds is 66. The predicted molar refractivity (Wildman–Crippen MR) is 335 cm³/mol. The smallest absolute Gasteiger partial charge is 0.462 e. The van der Waals surface area contributed by atoms with Crippen molar-refractivity contribution in [1.29, 1.82) is 0 Å². The number of carbonyl (C=O) groups is 4. The first-order chi connectivity index (χ1) is 40.7. The average Bonchev–Trinajstić information content (AvgIpc) is 3.55. The van der Waals surface area contributed by atoms with Crippen molar-refractivity contribution in [2.45, 2.75) is 354 Å². The highest BCUT2D eigenvalue weighted by atomic mass is 31.2. The first-order valence-electron chi connectivity index (χ1n) is 34.3. The number of hydrogen-bond acceptors (Lipinski definition) is 15. The standard InChI is InChI=1S/C65H126O17P2/c1-5-9-13-17-20-23-25-27-29-31-33-36-38-42-46-50-63(68)76-56-61(82-65(70)52-48-44-40-37-34-32-30-28-26-24-21-18-14-10-6-2)58-80-84(73,74)78-54-59(66)53-77-83(71,72)79-57-60(55-75-62(67)49-45-41-16-12-8-4)81-64(69)51-47-43-39-35-22-19-15-11-7-3/h59-61,66H,5-58H2,1-4H3,(H,71,72)(H,73,74)/t59-,60+,61+/m0/s1. The van der Waals surface area contributed by atoms with Gasteiger partial charge in [-0.1, -0.05) is 285 Å². The molecule has 17 nitrogen and oxygen atoms in total. The molecule has 0 rings (SSSR count). The third kappa shape index (κ3) is 59.0. The molecule has 19 heteroatoms. The molecular formula is C65H126O17P2. The lowest BCUT2D eigenvalue weighted by Crippen LogP contribution is -2.30. The molecule has 0 heterocycles. The van der Waals surface area contributed by atoms with E-state index in [2.05, 4.69) is 27.7 Å². The van der Waals surface area contributed by atoms with Gasteiger partial charge in [0.25, 0.3) is 0 Å². The highest BCUT2D eigenvalue weighted by Gasteiger charge is 2.30. The Morgan fingerprint density at radius 3 is 0.702 bits per heavy atom. The molecule has 0 aliphatic rings. The van der Waals surface area contributed by atoms with Crippen molar-refractivity contribution in [3.8, 4) is 0 Å². The second-order valence-electron chi connectivity index (χ2n) is 23.5. The Bertz CT molecular complexity index is 1620. The lowest BCUT2D eigenvalue weighted by molar-refractivity contribution is -0.161. The fraction of sp³-hybridized carbons (Fsp3) is 0.938. The van der Waals surface area contributed by atoms with Crippen LogP contribution in [0.25, 0.3) is 0 Å². The Morgan fingerprint density at radius 2 is 0.476 bits per heavy atom. The number of phosphoric ester groups is 2. The number of unbranched alkanes of at least 4 members (excludes halogenated alkanes) is 40. The van der Waals surface area contributed by atoms with Crippen LogP contribution in [0, 0.1) is 0 Å². The van der Waals surface area contributed by atoms with Gasteiger partial charge in [-0.3, -0.25) is 37.3 Å². The summed E-state index contributed by atoms with van der Waals surface area (Å²) in [4.78, 5) is 72.0. The summed E-state index contributed by atoms with van der Waals surface area (Å²) in [6.45, 7) is 4.81. The first-order valence-corrected chi connectivity index (χ1v) is 37.3. The molecule has 498 valence electrons. The predicted octanol–water partition coefficient (Wildman–Crippen LogP) is 18.3. The molecule has 0 aromatic rings. The lowest BCUT2D eigenvalue weighted by atomic mass is 10.0. The van der Waals surface area contributed by atoms with Crippen molar-refractivity contribution >= 4 is 39.5 Å². The maximum Gasteiger partial charge on any atom is 0.472 e. The molecule has 0 aromatic heterocycles. The molecule has 0 aliphatic heterocycles. The summed E-state index contributed by atoms with van der Waals surface area (Å²) >= 11 is 0. The highest BCUT2D eigenvalue weighted by molar-refractivity contribution is 7.47. The number of esters is 4. The zero-order valence-corrected chi connectivity index (χ0v) is 55.7. The maximum absolute atomic E-state index is 13.0. The van der Waals surface area contributed by atoms with Crippen molar-refractivity contribution in [1.82, 2.24) is 0 Å². The largest absolute Gasteiger partial charge is 0.472 e. The Morgan fingerprint density at radius 1 is 0.286 bits per heavy atom. The van der Waals surface area contributed by atoms with Crippen LogP contribution in [-0.2, 0) is 65.4 Å². The van der Waals surface area contributed by atoms with Crippen molar-refractivity contribution in [3.63, 3.8) is 0 Å². The van der Waals surface area contributed by atoms with Crippen molar-refractivity contribution in [2.75, 3.05) is 39.6 Å². The van der Waals surface area contributed by atoms with Crippen molar-refractivity contribution in [2.24, 2.45) is 0 Å². The molecule has 0 saturated carbocycles. The molecule has 0 radical (unpaired) electrons. The second-order valence-corrected chi connectivity index (χ2v) is 26.4. The fourth-order valence-corrected chi connectivity index (χ4v) is 11.4. The molecule has 0 aromatic carbocycles. The topological polar surface area (TPSA) is 237 Å². The van der Waals surface area contributed by atoms with E-state index in [1.54, 1.807) is 0 Å². The van der Waals surface area contributed by atoms with Gasteiger partial charge in [0.1, 0.15) is 19.3 Å². The zero-order chi connectivity index (χ0) is 61.9. The Labute approximate surface area is 511 Å². The van der Waals surface area contributed by atoms with E-state index in [0.717, 1.165) is 96.3 Å². The van der Waals surface area contributed by atoms with Gasteiger partial charge in [0.15, 0.2) is 12.2 Å². The monoisotopic (exact) mass is 1240 g/mol. The van der Waals surface area contributed by atoms with Gasteiger partial charge in [0.05, 0.1) is 26.4 Å². The normalized spacial score (nSPS) is 14.1. The third-order valence-electron chi connectivity index (χ3n) is 15.1. The maximum atomic E-state index is 13.0. The molecule has 0 amide bonds. The Hall–Kier alpha value is -1.94. The van der Waals surface area contributed by atoms with Crippen LogP contribution in [0.1, 0.15) is 336 Å². The van der Waals surface area contributed by atoms with E-state index in [4.69, 9.17) is 37.0 Å². The van der Waals surface area contributed by atoms with Crippen LogP contribution in [0.3, 0.4) is 0 Å². The van der Waals surface area contributed by atoms with E-state index in [1.807, 2.05) is 0 Å². The quantitative estimate of drug-likeness (QED) is 0.0222. The molecule has 0 saturated heterocycles. The van der Waals surface area contributed by atoms with E-state index in [1.165, 1.54) is 161 Å². The molecular weight excluding hydrogens is 1110 g/mol. The molecule has 0 spiro atoms. The number of hydrogen-bond donors (Lipinski definition) is 3. The highest BCUT2D eigenvalue weighted by Crippen LogP contribution is 2.45. The van der Waals surface area contributed by atoms with Crippen LogP contribution < -0.4 is 0 Å². The lowest BCUT2D eigenvalue weighted by Gasteiger charge is -2.21. The molecule has 5 atom stereocenters. The number of aliphatic hydroxyl groups excluding tert-OH is 1. The molecule has 0 aliphatic carbocycles. The average molecular weight is 1240 g/mol. The van der Waals surface area contributed by atoms with Crippen LogP contribution >= 0.6 is 15.6 Å². The summed E-state index contributed by atoms with van der Waals surface area (Å²) in [5.41, 5.74) is 0. The minimum atomic E-state index is -4.94. The van der Waals surface area contributed by atoms with E-state index in [-0.39, 0.29) is 25.7 Å². The summed E-state index contributed by atoms with van der Waals surface area (Å²) < 4.78 is 67.8. The van der Waals surface area contributed by atoms with E-state index >= 15 is 0 Å². The van der Waals surface area contributed by atoms with Crippen LogP contribution in [0.15, 0.2) is 0 Å². The van der Waals surface area contributed by atoms with Gasteiger partial charge in [-0.2, -0.15) is 0 Å². The molecule has 3 N–H and O–H groups in total. The van der Waals surface area contributed by atoms with Gasteiger partial charge >= 0.3 is 39.5 Å². The number of ether oxygens (including phenoxy) is 4. The minimum absolute atomic E-state index is 0.105. The Kier molecular flexibility index (Phi) is 58.6. The van der Waals surface area contributed by atoms with Crippen LogP contribution in [0.5, 0.6) is 0 Å². The Balaban J connectivity index is 5.15. The fourth-order valence-electron chi connectivity index (χ4n) is 9.81. The van der Waals surface area contributed by atoms with Crippen LogP contribution in [0.4, 0.5) is 0 Å². The van der Waals surface area contributed by atoms with E-state index in [9.17, 15) is 43.2 Å². The molecule has 84 heavy (non-hydrogen) atoms. The first kappa shape index (κ1) is 82.1. The molecule has 0 fully saturated rings. The van der Waals surface area contributed by atoms with Gasteiger partial charge in [0.2, 0.25) is 0 Å². The third-order valence-corrected chi connectivity index (χ3v) is 17.0.